The molecule has 0 saturated carbocycles. The molecule has 0 aromatic carbocycles. The smallest absolute Gasteiger partial charge is 0.294 e. The van der Waals surface area contributed by atoms with Gasteiger partial charge in [-0.15, -0.1) is 0 Å². The number of aromatic nitrogens is 1. The van der Waals surface area contributed by atoms with Gasteiger partial charge in [0.1, 0.15) is 11.8 Å². The van der Waals surface area contributed by atoms with E-state index in [9.17, 15) is 4.79 Å². The molecule has 1 aliphatic heterocycles. The molecule has 1 amide bonds. The Morgan fingerprint density at radius 1 is 1.57 bits per heavy atom. The van der Waals surface area contributed by atoms with Crippen LogP contribution in [0.2, 0.25) is 0 Å². The first-order valence-corrected chi connectivity index (χ1v) is 4.66. The third-order valence-corrected chi connectivity index (χ3v) is 2.60. The molecular formula is C10H10N2O2. The standard InChI is InChI=1S/C10H10N2O2/c13-10(9-2-1-5-11-9)12-7-3-4-8(6-7)14-12/h1-5,7-8,11H,6H2. The highest BCUT2D eigenvalue weighted by atomic mass is 16.7. The molecule has 1 aliphatic carbocycles. The molecule has 2 atom stereocenters. The molecule has 2 unspecified atom stereocenters. The lowest BCUT2D eigenvalue weighted by Crippen LogP contribution is -2.35. The summed E-state index contributed by atoms with van der Waals surface area (Å²) in [6, 6.07) is 3.68. The van der Waals surface area contributed by atoms with Crippen molar-refractivity contribution < 1.29 is 9.63 Å². The summed E-state index contributed by atoms with van der Waals surface area (Å²) in [5.41, 5.74) is 0.575. The summed E-state index contributed by atoms with van der Waals surface area (Å²) in [6.45, 7) is 0. The van der Waals surface area contributed by atoms with Crippen molar-refractivity contribution in [2.45, 2.75) is 18.6 Å². The molecule has 1 aromatic rings. The van der Waals surface area contributed by atoms with Gasteiger partial charge in [-0.2, -0.15) is 0 Å². The molecule has 1 aromatic heterocycles. The first-order chi connectivity index (χ1) is 6.84. The first kappa shape index (κ1) is 7.82. The van der Waals surface area contributed by atoms with Crippen molar-refractivity contribution in [3.05, 3.63) is 36.2 Å². The van der Waals surface area contributed by atoms with Crippen LogP contribution in [-0.4, -0.2) is 28.1 Å². The van der Waals surface area contributed by atoms with Crippen LogP contribution in [0.5, 0.6) is 0 Å². The van der Waals surface area contributed by atoms with Crippen molar-refractivity contribution in [1.29, 1.82) is 0 Å². The predicted octanol–water partition coefficient (Wildman–Crippen LogP) is 1.10. The minimum absolute atomic E-state index is 0.0909. The number of carbonyl (C=O) groups excluding carboxylic acids is 1. The van der Waals surface area contributed by atoms with Crippen LogP contribution in [-0.2, 0) is 4.84 Å². The normalized spacial score (nSPS) is 28.7. The average Bonchev–Trinajstić information content (AvgIpc) is 2.93. The van der Waals surface area contributed by atoms with Crippen LogP contribution in [0.4, 0.5) is 0 Å². The van der Waals surface area contributed by atoms with E-state index in [2.05, 4.69) is 4.98 Å². The molecule has 1 saturated heterocycles. The number of nitrogens with one attached hydrogen (secondary N) is 1. The second-order valence-corrected chi connectivity index (χ2v) is 3.55. The highest BCUT2D eigenvalue weighted by Crippen LogP contribution is 2.29. The molecule has 14 heavy (non-hydrogen) atoms. The lowest BCUT2D eigenvalue weighted by atomic mass is 10.2. The van der Waals surface area contributed by atoms with Gasteiger partial charge in [-0.1, -0.05) is 12.2 Å². The van der Waals surface area contributed by atoms with Gasteiger partial charge in [0, 0.05) is 12.6 Å². The zero-order valence-corrected chi connectivity index (χ0v) is 7.51. The number of carbonyl (C=O) groups is 1. The summed E-state index contributed by atoms with van der Waals surface area (Å²) in [5.74, 6) is -0.0909. The van der Waals surface area contributed by atoms with Crippen LogP contribution in [0.3, 0.4) is 0 Å². The number of nitrogens with zero attached hydrogens (tertiary/aromatic N) is 1. The number of hydrogen-bond donors (Lipinski definition) is 1. The molecule has 3 rings (SSSR count). The number of H-pyrrole nitrogens is 1. The Hall–Kier alpha value is -1.55. The van der Waals surface area contributed by atoms with E-state index in [-0.39, 0.29) is 18.1 Å². The van der Waals surface area contributed by atoms with Crippen LogP contribution >= 0.6 is 0 Å². The second kappa shape index (κ2) is 2.72. The largest absolute Gasteiger partial charge is 0.357 e. The van der Waals surface area contributed by atoms with Gasteiger partial charge in [-0.05, 0) is 12.1 Å². The first-order valence-electron chi connectivity index (χ1n) is 4.66. The third kappa shape index (κ3) is 1.01. The van der Waals surface area contributed by atoms with Crippen LogP contribution in [0, 0.1) is 0 Å². The topological polar surface area (TPSA) is 45.3 Å². The zero-order valence-electron chi connectivity index (χ0n) is 7.51. The maximum absolute atomic E-state index is 11.8. The van der Waals surface area contributed by atoms with E-state index < -0.39 is 0 Å². The highest BCUT2D eigenvalue weighted by Gasteiger charge is 2.38. The van der Waals surface area contributed by atoms with Crippen molar-refractivity contribution in [2.24, 2.45) is 0 Å². The summed E-state index contributed by atoms with van der Waals surface area (Å²) < 4.78 is 0. The molecule has 2 heterocycles. The molecule has 4 nitrogen and oxygen atoms in total. The minimum Gasteiger partial charge on any atom is -0.357 e. The van der Waals surface area contributed by atoms with Crippen molar-refractivity contribution in [2.75, 3.05) is 0 Å². The van der Waals surface area contributed by atoms with Gasteiger partial charge in [0.05, 0.1) is 6.04 Å². The third-order valence-electron chi connectivity index (χ3n) is 2.60. The van der Waals surface area contributed by atoms with Gasteiger partial charge in [-0.25, -0.2) is 5.06 Å². The lowest BCUT2D eigenvalue weighted by molar-refractivity contribution is -0.115. The van der Waals surface area contributed by atoms with E-state index in [1.807, 2.05) is 12.2 Å². The fourth-order valence-electron chi connectivity index (χ4n) is 1.90. The summed E-state index contributed by atoms with van der Waals surface area (Å²) >= 11 is 0. The number of amides is 1. The van der Waals surface area contributed by atoms with E-state index in [0.29, 0.717) is 5.69 Å². The van der Waals surface area contributed by atoms with Crippen molar-refractivity contribution in [1.82, 2.24) is 10.0 Å². The maximum Gasteiger partial charge on any atom is 0.294 e. The molecule has 2 aliphatic rings. The Labute approximate surface area is 81.1 Å². The number of rotatable bonds is 1. The fraction of sp³-hybridized carbons (Fsp3) is 0.300. The predicted molar refractivity (Wildman–Crippen MR) is 49.4 cm³/mol. The Morgan fingerprint density at radius 2 is 2.50 bits per heavy atom. The number of hydrogen-bond acceptors (Lipinski definition) is 2. The number of fused-ring (bicyclic) bond motifs is 2. The van der Waals surface area contributed by atoms with E-state index in [1.165, 1.54) is 5.06 Å². The number of aromatic amines is 1. The zero-order chi connectivity index (χ0) is 9.54. The monoisotopic (exact) mass is 190 g/mol. The Kier molecular flexibility index (Phi) is 1.52. The van der Waals surface area contributed by atoms with Gasteiger partial charge < -0.3 is 4.98 Å². The summed E-state index contributed by atoms with van der Waals surface area (Å²) in [7, 11) is 0. The Balaban J connectivity index is 1.84. The fourth-order valence-corrected chi connectivity index (χ4v) is 1.90. The van der Waals surface area contributed by atoms with E-state index >= 15 is 0 Å². The van der Waals surface area contributed by atoms with Crippen LogP contribution in [0.25, 0.3) is 0 Å². The van der Waals surface area contributed by atoms with Gasteiger partial charge in [-0.3, -0.25) is 9.63 Å². The van der Waals surface area contributed by atoms with Crippen molar-refractivity contribution in [3.8, 4) is 0 Å². The van der Waals surface area contributed by atoms with Gasteiger partial charge in [0.15, 0.2) is 0 Å². The van der Waals surface area contributed by atoms with Crippen molar-refractivity contribution in [3.63, 3.8) is 0 Å². The van der Waals surface area contributed by atoms with Gasteiger partial charge in [0.25, 0.3) is 5.91 Å². The molecule has 72 valence electrons. The van der Waals surface area contributed by atoms with Crippen LogP contribution in [0.1, 0.15) is 16.9 Å². The molecular weight excluding hydrogens is 180 g/mol. The van der Waals surface area contributed by atoms with Crippen molar-refractivity contribution >= 4 is 5.91 Å². The van der Waals surface area contributed by atoms with E-state index in [0.717, 1.165) is 6.42 Å². The summed E-state index contributed by atoms with van der Waals surface area (Å²) in [5, 5.41) is 1.45. The highest BCUT2D eigenvalue weighted by molar-refractivity contribution is 5.92. The van der Waals surface area contributed by atoms with E-state index in [1.54, 1.807) is 18.3 Å². The maximum atomic E-state index is 11.8. The molecule has 0 radical (unpaired) electrons. The summed E-state index contributed by atoms with van der Waals surface area (Å²) in [4.78, 5) is 20.1. The SMILES string of the molecule is O=C(c1ccc[nH]1)N1OC2C=CC1C2. The second-order valence-electron chi connectivity index (χ2n) is 3.55. The average molecular weight is 190 g/mol. The molecule has 0 spiro atoms. The summed E-state index contributed by atoms with van der Waals surface area (Å²) in [6.07, 6.45) is 6.75. The minimum atomic E-state index is -0.0909. The van der Waals surface area contributed by atoms with E-state index in [4.69, 9.17) is 4.84 Å². The Morgan fingerprint density at radius 3 is 3.07 bits per heavy atom. The van der Waals surface area contributed by atoms with Gasteiger partial charge >= 0.3 is 0 Å². The molecule has 2 bridgehead atoms. The number of hydroxylamine groups is 2. The Bertz CT molecular complexity index is 383. The molecule has 1 N–H and O–H groups in total. The van der Waals surface area contributed by atoms with Crippen LogP contribution < -0.4 is 0 Å². The van der Waals surface area contributed by atoms with Crippen LogP contribution in [0.15, 0.2) is 30.5 Å². The molecule has 4 heteroatoms. The quantitative estimate of drug-likeness (QED) is 0.674. The molecule has 1 fully saturated rings. The lowest BCUT2D eigenvalue weighted by Gasteiger charge is -2.21. The van der Waals surface area contributed by atoms with Gasteiger partial charge in [0.2, 0.25) is 0 Å².